The van der Waals surface area contributed by atoms with E-state index in [1.165, 1.54) is 18.1 Å². The van der Waals surface area contributed by atoms with E-state index in [4.69, 9.17) is 4.42 Å². The third kappa shape index (κ3) is 2.43. The molecule has 0 unspecified atom stereocenters. The van der Waals surface area contributed by atoms with Gasteiger partial charge in [0.2, 0.25) is 5.89 Å². The van der Waals surface area contributed by atoms with Crippen molar-refractivity contribution >= 4 is 11.8 Å². The number of aromatic amines is 1. The highest BCUT2D eigenvalue weighted by Gasteiger charge is 2.07. The number of benzene rings is 1. The van der Waals surface area contributed by atoms with E-state index in [1.807, 2.05) is 30.3 Å². The quantitative estimate of drug-likeness (QED) is 0.729. The van der Waals surface area contributed by atoms with Crippen molar-refractivity contribution in [3.8, 4) is 11.3 Å². The lowest BCUT2D eigenvalue weighted by Crippen LogP contribution is -1.81. The third-order valence-corrected chi connectivity index (χ3v) is 3.20. The Bertz CT molecular complexity index is 606. The Hall–Kier alpha value is -2.08. The first-order chi connectivity index (χ1) is 8.92. The normalized spacial score (nSPS) is 10.7. The van der Waals surface area contributed by atoms with Gasteiger partial charge in [-0.2, -0.15) is 5.10 Å². The standard InChI is InChI=1S/C12H10N4OS/c1-2-4-9(5-3-1)10-6-13-11(17-10)7-18-12-14-8-15-16-12/h1-6,8H,7H2,(H,14,15,16). The maximum Gasteiger partial charge on any atom is 0.205 e. The molecule has 18 heavy (non-hydrogen) atoms. The molecule has 1 N–H and O–H groups in total. The molecule has 1 aromatic carbocycles. The van der Waals surface area contributed by atoms with Crippen LogP contribution in [0.25, 0.3) is 11.3 Å². The van der Waals surface area contributed by atoms with Crippen LogP contribution in [-0.2, 0) is 5.75 Å². The number of thioether (sulfide) groups is 1. The highest BCUT2D eigenvalue weighted by Crippen LogP contribution is 2.23. The average molecular weight is 258 g/mol. The molecule has 3 rings (SSSR count). The molecule has 3 aromatic rings. The lowest BCUT2D eigenvalue weighted by Gasteiger charge is -1.94. The largest absolute Gasteiger partial charge is 0.440 e. The van der Waals surface area contributed by atoms with Gasteiger partial charge in [0.25, 0.3) is 0 Å². The first kappa shape index (κ1) is 11.0. The Morgan fingerprint density at radius 2 is 2.06 bits per heavy atom. The molecule has 0 fully saturated rings. The molecule has 2 aromatic heterocycles. The molecule has 0 saturated carbocycles. The van der Waals surface area contributed by atoms with Crippen LogP contribution >= 0.6 is 11.8 Å². The summed E-state index contributed by atoms with van der Waals surface area (Å²) in [6.07, 6.45) is 3.22. The maximum absolute atomic E-state index is 5.67. The molecular formula is C12H10N4OS. The van der Waals surface area contributed by atoms with Crippen LogP contribution in [0.15, 0.2) is 52.4 Å². The SMILES string of the molecule is c1ccc(-c2cnc(CSc3ncn[nH]3)o2)cc1. The molecule has 0 aliphatic heterocycles. The number of aromatic nitrogens is 4. The van der Waals surface area contributed by atoms with Gasteiger partial charge < -0.3 is 4.42 Å². The minimum atomic E-state index is 0.627. The second-order valence-electron chi connectivity index (χ2n) is 3.56. The number of nitrogens with zero attached hydrogens (tertiary/aromatic N) is 3. The number of hydrogen-bond acceptors (Lipinski definition) is 5. The predicted octanol–water partition coefficient (Wildman–Crippen LogP) is 2.75. The van der Waals surface area contributed by atoms with Crippen LogP contribution in [0.3, 0.4) is 0 Å². The predicted molar refractivity (Wildman–Crippen MR) is 67.9 cm³/mol. The van der Waals surface area contributed by atoms with Crippen LogP contribution in [0, 0.1) is 0 Å². The van der Waals surface area contributed by atoms with Crippen molar-refractivity contribution in [3.05, 3.63) is 48.7 Å². The summed E-state index contributed by atoms with van der Waals surface area (Å²) in [7, 11) is 0. The van der Waals surface area contributed by atoms with E-state index in [1.54, 1.807) is 6.20 Å². The molecule has 0 amide bonds. The molecule has 5 nitrogen and oxygen atoms in total. The van der Waals surface area contributed by atoms with Gasteiger partial charge in [0.05, 0.1) is 11.9 Å². The molecule has 0 spiro atoms. The number of H-pyrrole nitrogens is 1. The fraction of sp³-hybridized carbons (Fsp3) is 0.0833. The van der Waals surface area contributed by atoms with Crippen molar-refractivity contribution in [1.29, 1.82) is 0 Å². The molecule has 0 saturated heterocycles. The Labute approximate surface area is 108 Å². The van der Waals surface area contributed by atoms with Crippen molar-refractivity contribution in [2.75, 3.05) is 0 Å². The van der Waals surface area contributed by atoms with Gasteiger partial charge >= 0.3 is 0 Å². The van der Waals surface area contributed by atoms with E-state index in [0.717, 1.165) is 16.5 Å². The third-order valence-electron chi connectivity index (χ3n) is 2.34. The van der Waals surface area contributed by atoms with E-state index in [-0.39, 0.29) is 0 Å². The van der Waals surface area contributed by atoms with Gasteiger partial charge in [0.1, 0.15) is 6.33 Å². The summed E-state index contributed by atoms with van der Waals surface area (Å²) in [5.41, 5.74) is 1.03. The van der Waals surface area contributed by atoms with Crippen LogP contribution in [0.1, 0.15) is 5.89 Å². The summed E-state index contributed by atoms with van der Waals surface area (Å²) in [6, 6.07) is 9.91. The van der Waals surface area contributed by atoms with E-state index >= 15 is 0 Å². The minimum absolute atomic E-state index is 0.627. The Kier molecular flexibility index (Phi) is 3.10. The molecule has 6 heteroatoms. The first-order valence-electron chi connectivity index (χ1n) is 5.40. The van der Waals surface area contributed by atoms with Crippen LogP contribution in [0.5, 0.6) is 0 Å². The zero-order valence-corrected chi connectivity index (χ0v) is 10.2. The summed E-state index contributed by atoms with van der Waals surface area (Å²) >= 11 is 1.50. The van der Waals surface area contributed by atoms with Gasteiger partial charge in [0, 0.05) is 5.56 Å². The van der Waals surface area contributed by atoms with Crippen LogP contribution in [-0.4, -0.2) is 20.2 Å². The van der Waals surface area contributed by atoms with Gasteiger partial charge in [-0.05, 0) is 0 Å². The number of hydrogen-bond donors (Lipinski definition) is 1. The Morgan fingerprint density at radius 1 is 1.17 bits per heavy atom. The van der Waals surface area contributed by atoms with Gasteiger partial charge in [0.15, 0.2) is 10.9 Å². The fourth-order valence-corrected chi connectivity index (χ4v) is 2.14. The van der Waals surface area contributed by atoms with Crippen molar-refractivity contribution in [3.63, 3.8) is 0 Å². The summed E-state index contributed by atoms with van der Waals surface area (Å²) in [6.45, 7) is 0. The zero-order chi connectivity index (χ0) is 12.2. The van der Waals surface area contributed by atoms with E-state index in [0.29, 0.717) is 11.6 Å². The molecule has 90 valence electrons. The molecule has 0 aliphatic carbocycles. The topological polar surface area (TPSA) is 67.6 Å². The molecule has 2 heterocycles. The zero-order valence-electron chi connectivity index (χ0n) is 9.41. The van der Waals surface area contributed by atoms with Gasteiger partial charge in [-0.25, -0.2) is 9.97 Å². The number of rotatable bonds is 4. The monoisotopic (exact) mass is 258 g/mol. The lowest BCUT2D eigenvalue weighted by atomic mass is 10.2. The van der Waals surface area contributed by atoms with Crippen LogP contribution in [0.2, 0.25) is 0 Å². The number of oxazole rings is 1. The van der Waals surface area contributed by atoms with Crippen molar-refractivity contribution in [2.24, 2.45) is 0 Å². The van der Waals surface area contributed by atoms with E-state index in [9.17, 15) is 0 Å². The van der Waals surface area contributed by atoms with Gasteiger partial charge in [-0.1, -0.05) is 42.1 Å². The van der Waals surface area contributed by atoms with Crippen LogP contribution < -0.4 is 0 Å². The van der Waals surface area contributed by atoms with Gasteiger partial charge in [-0.3, -0.25) is 5.10 Å². The lowest BCUT2D eigenvalue weighted by molar-refractivity contribution is 0.530. The second-order valence-corrected chi connectivity index (χ2v) is 4.53. The molecule has 0 radical (unpaired) electrons. The molecule has 0 bridgehead atoms. The molecule has 0 atom stereocenters. The summed E-state index contributed by atoms with van der Waals surface area (Å²) in [5.74, 6) is 2.08. The molecule has 0 aliphatic rings. The molecular weight excluding hydrogens is 248 g/mol. The number of nitrogens with one attached hydrogen (secondary N) is 1. The fourth-order valence-electron chi connectivity index (χ4n) is 1.51. The van der Waals surface area contributed by atoms with Crippen LogP contribution in [0.4, 0.5) is 0 Å². The van der Waals surface area contributed by atoms with Crippen molar-refractivity contribution in [1.82, 2.24) is 20.2 Å². The second kappa shape index (κ2) is 5.05. The summed E-state index contributed by atoms with van der Waals surface area (Å²) in [5, 5.41) is 7.32. The average Bonchev–Trinajstić information content (AvgIpc) is 3.09. The van der Waals surface area contributed by atoms with Crippen molar-refractivity contribution in [2.45, 2.75) is 10.9 Å². The summed E-state index contributed by atoms with van der Waals surface area (Å²) in [4.78, 5) is 8.27. The van der Waals surface area contributed by atoms with E-state index < -0.39 is 0 Å². The van der Waals surface area contributed by atoms with E-state index in [2.05, 4.69) is 20.2 Å². The Balaban J connectivity index is 1.70. The maximum atomic E-state index is 5.67. The smallest absolute Gasteiger partial charge is 0.205 e. The highest BCUT2D eigenvalue weighted by atomic mass is 32.2. The Morgan fingerprint density at radius 3 is 2.83 bits per heavy atom. The van der Waals surface area contributed by atoms with Gasteiger partial charge in [-0.15, -0.1) is 0 Å². The first-order valence-corrected chi connectivity index (χ1v) is 6.38. The minimum Gasteiger partial charge on any atom is -0.440 e. The summed E-state index contributed by atoms with van der Waals surface area (Å²) < 4.78 is 5.67. The highest BCUT2D eigenvalue weighted by molar-refractivity contribution is 7.98. The van der Waals surface area contributed by atoms with Crippen molar-refractivity contribution < 1.29 is 4.42 Å².